The van der Waals surface area contributed by atoms with Crippen LogP contribution >= 0.6 is 0 Å². The minimum Gasteiger partial charge on any atom is -0.326 e. The summed E-state index contributed by atoms with van der Waals surface area (Å²) in [5.41, 5.74) is 11.2. The highest BCUT2D eigenvalue weighted by atomic mass is 15.0. The van der Waals surface area contributed by atoms with E-state index in [9.17, 15) is 0 Å². The lowest BCUT2D eigenvalue weighted by atomic mass is 10.0. The summed E-state index contributed by atoms with van der Waals surface area (Å²) in [7, 11) is 0. The molecule has 0 bridgehead atoms. The van der Waals surface area contributed by atoms with E-state index < -0.39 is 0 Å². The Hall–Kier alpha value is -0.120. The Labute approximate surface area is 49.4 Å². The van der Waals surface area contributed by atoms with E-state index in [4.69, 9.17) is 11.5 Å². The van der Waals surface area contributed by atoms with Gasteiger partial charge in [0.05, 0.1) is 0 Å². The van der Waals surface area contributed by atoms with E-state index in [2.05, 4.69) is 5.32 Å². The Morgan fingerprint density at radius 1 is 1.25 bits per heavy atom. The summed E-state index contributed by atoms with van der Waals surface area (Å²) in [6.45, 7) is 1.90. The number of hydrogen-bond donors (Lipinski definition) is 3. The lowest BCUT2D eigenvalue weighted by molar-refractivity contribution is 0.402. The molecule has 0 amide bonds. The van der Waals surface area contributed by atoms with Gasteiger partial charge in [-0.2, -0.15) is 0 Å². The molecule has 0 aromatic carbocycles. The van der Waals surface area contributed by atoms with Crippen LogP contribution in [0.5, 0.6) is 0 Å². The minimum absolute atomic E-state index is 0.170. The fourth-order valence-electron chi connectivity index (χ4n) is 0.903. The number of nitrogens with one attached hydrogen (secondary N) is 1. The molecule has 1 heterocycles. The van der Waals surface area contributed by atoms with Crippen LogP contribution in [0.15, 0.2) is 0 Å². The zero-order valence-electron chi connectivity index (χ0n) is 4.93. The Bertz CT molecular complexity index is 64.1. The molecule has 2 atom stereocenters. The summed E-state index contributed by atoms with van der Waals surface area (Å²) in [5.74, 6) is 0. The molecular formula is C5H13N3. The lowest BCUT2D eigenvalue weighted by Gasteiger charge is -2.25. The van der Waals surface area contributed by atoms with Gasteiger partial charge in [0.25, 0.3) is 0 Å². The maximum absolute atomic E-state index is 5.61. The van der Waals surface area contributed by atoms with Gasteiger partial charge in [-0.3, -0.25) is 0 Å². The van der Waals surface area contributed by atoms with Gasteiger partial charge in [-0.15, -0.1) is 0 Å². The second kappa shape index (κ2) is 2.44. The van der Waals surface area contributed by atoms with Crippen molar-refractivity contribution in [1.29, 1.82) is 0 Å². The maximum atomic E-state index is 5.61. The highest BCUT2D eigenvalue weighted by Gasteiger charge is 2.15. The summed E-state index contributed by atoms with van der Waals surface area (Å²) in [4.78, 5) is 0. The molecule has 0 radical (unpaired) electrons. The average Bonchev–Trinajstić information content (AvgIpc) is 1.77. The Morgan fingerprint density at radius 2 is 2.00 bits per heavy atom. The molecule has 0 aromatic heterocycles. The fourth-order valence-corrected chi connectivity index (χ4v) is 0.903. The van der Waals surface area contributed by atoms with Gasteiger partial charge in [-0.25, -0.2) is 0 Å². The SMILES string of the molecule is N[C@@H]1CCNC[C@@H]1N. The molecule has 1 rings (SSSR count). The van der Waals surface area contributed by atoms with Crippen molar-refractivity contribution in [2.75, 3.05) is 13.1 Å². The summed E-state index contributed by atoms with van der Waals surface area (Å²) >= 11 is 0. The molecule has 0 aromatic rings. The van der Waals surface area contributed by atoms with Gasteiger partial charge in [0, 0.05) is 18.6 Å². The normalized spacial score (nSPS) is 39.8. The van der Waals surface area contributed by atoms with Crippen LogP contribution in [0.3, 0.4) is 0 Å². The van der Waals surface area contributed by atoms with E-state index in [0.29, 0.717) is 0 Å². The topological polar surface area (TPSA) is 64.1 Å². The first-order valence-corrected chi connectivity index (χ1v) is 3.02. The van der Waals surface area contributed by atoms with Crippen LogP contribution in [0, 0.1) is 0 Å². The van der Waals surface area contributed by atoms with Gasteiger partial charge in [0.15, 0.2) is 0 Å². The number of nitrogens with two attached hydrogens (primary N) is 2. The average molecular weight is 115 g/mol. The summed E-state index contributed by atoms with van der Waals surface area (Å²) < 4.78 is 0. The van der Waals surface area contributed by atoms with E-state index >= 15 is 0 Å². The summed E-state index contributed by atoms with van der Waals surface area (Å²) in [6.07, 6.45) is 1.02. The molecule has 3 nitrogen and oxygen atoms in total. The van der Waals surface area contributed by atoms with Crippen molar-refractivity contribution in [2.45, 2.75) is 18.5 Å². The second-order valence-corrected chi connectivity index (χ2v) is 2.32. The lowest BCUT2D eigenvalue weighted by Crippen LogP contribution is -2.53. The number of hydrogen-bond acceptors (Lipinski definition) is 3. The van der Waals surface area contributed by atoms with Crippen LogP contribution in [0.25, 0.3) is 0 Å². The van der Waals surface area contributed by atoms with Crippen molar-refractivity contribution < 1.29 is 0 Å². The van der Waals surface area contributed by atoms with Crippen molar-refractivity contribution in [3.05, 3.63) is 0 Å². The van der Waals surface area contributed by atoms with Crippen molar-refractivity contribution in [2.24, 2.45) is 11.5 Å². The predicted octanol–water partition coefficient (Wildman–Crippen LogP) is -1.37. The molecule has 5 N–H and O–H groups in total. The Kier molecular flexibility index (Phi) is 1.83. The van der Waals surface area contributed by atoms with E-state index in [1.165, 1.54) is 0 Å². The van der Waals surface area contributed by atoms with Crippen molar-refractivity contribution >= 4 is 0 Å². The van der Waals surface area contributed by atoms with Crippen LogP contribution in [-0.4, -0.2) is 25.2 Å². The van der Waals surface area contributed by atoms with E-state index in [1.54, 1.807) is 0 Å². The standard InChI is InChI=1S/C5H13N3/c6-4-1-2-8-3-5(4)7/h4-5,8H,1-3,6-7H2/t4-,5+/m1/s1. The smallest absolute Gasteiger partial charge is 0.0319 e. The molecule has 0 saturated carbocycles. The monoisotopic (exact) mass is 115 g/mol. The highest BCUT2D eigenvalue weighted by molar-refractivity contribution is 4.82. The Balaban J connectivity index is 2.28. The van der Waals surface area contributed by atoms with Gasteiger partial charge in [0.1, 0.15) is 0 Å². The van der Waals surface area contributed by atoms with Gasteiger partial charge in [-0.1, -0.05) is 0 Å². The van der Waals surface area contributed by atoms with Crippen molar-refractivity contribution in [1.82, 2.24) is 5.32 Å². The summed E-state index contributed by atoms with van der Waals surface area (Å²) in [5, 5.41) is 3.16. The van der Waals surface area contributed by atoms with E-state index in [0.717, 1.165) is 19.5 Å². The van der Waals surface area contributed by atoms with Crippen LogP contribution in [0.2, 0.25) is 0 Å². The molecule has 1 aliphatic rings. The molecular weight excluding hydrogens is 102 g/mol. The van der Waals surface area contributed by atoms with Gasteiger partial charge >= 0.3 is 0 Å². The van der Waals surface area contributed by atoms with Crippen molar-refractivity contribution in [3.63, 3.8) is 0 Å². The molecule has 0 aliphatic carbocycles. The second-order valence-electron chi connectivity index (χ2n) is 2.32. The maximum Gasteiger partial charge on any atom is 0.0319 e. The Morgan fingerprint density at radius 3 is 2.38 bits per heavy atom. The zero-order chi connectivity index (χ0) is 5.98. The first kappa shape index (κ1) is 6.01. The molecule has 1 fully saturated rings. The third kappa shape index (κ3) is 1.18. The van der Waals surface area contributed by atoms with Crippen LogP contribution in [0.4, 0.5) is 0 Å². The number of rotatable bonds is 0. The quantitative estimate of drug-likeness (QED) is 0.365. The minimum atomic E-state index is 0.170. The molecule has 0 spiro atoms. The highest BCUT2D eigenvalue weighted by Crippen LogP contribution is 1.95. The third-order valence-electron chi connectivity index (χ3n) is 1.58. The summed E-state index contributed by atoms with van der Waals surface area (Å²) in [6, 6.07) is 0.389. The fraction of sp³-hybridized carbons (Fsp3) is 1.00. The van der Waals surface area contributed by atoms with Gasteiger partial charge < -0.3 is 16.8 Å². The molecule has 8 heavy (non-hydrogen) atoms. The molecule has 1 aliphatic heterocycles. The van der Waals surface area contributed by atoms with E-state index in [-0.39, 0.29) is 12.1 Å². The van der Waals surface area contributed by atoms with Gasteiger partial charge in [0.2, 0.25) is 0 Å². The third-order valence-corrected chi connectivity index (χ3v) is 1.58. The zero-order valence-corrected chi connectivity index (χ0v) is 4.93. The van der Waals surface area contributed by atoms with E-state index in [1.807, 2.05) is 0 Å². The molecule has 3 heteroatoms. The first-order chi connectivity index (χ1) is 3.80. The molecule has 1 saturated heterocycles. The van der Waals surface area contributed by atoms with Crippen LogP contribution < -0.4 is 16.8 Å². The first-order valence-electron chi connectivity index (χ1n) is 3.02. The number of piperidine rings is 1. The molecule has 0 unspecified atom stereocenters. The van der Waals surface area contributed by atoms with Gasteiger partial charge in [-0.05, 0) is 13.0 Å². The predicted molar refractivity (Wildman–Crippen MR) is 33.4 cm³/mol. The van der Waals surface area contributed by atoms with Crippen LogP contribution in [0.1, 0.15) is 6.42 Å². The largest absolute Gasteiger partial charge is 0.326 e. The van der Waals surface area contributed by atoms with Crippen molar-refractivity contribution in [3.8, 4) is 0 Å². The molecule has 48 valence electrons. The van der Waals surface area contributed by atoms with Crippen LogP contribution in [-0.2, 0) is 0 Å².